The second kappa shape index (κ2) is 5.65. The molecule has 3 N–H and O–H groups in total. The van der Waals surface area contributed by atoms with Crippen molar-refractivity contribution in [1.82, 2.24) is 5.32 Å². The molecule has 1 heterocycles. The Kier molecular flexibility index (Phi) is 4.46. The minimum Gasteiger partial charge on any atom is -0.370 e. The van der Waals surface area contributed by atoms with Gasteiger partial charge in [0.15, 0.2) is 5.96 Å². The largest absolute Gasteiger partial charge is 0.370 e. The zero-order valence-corrected chi connectivity index (χ0v) is 9.47. The highest BCUT2D eigenvalue weighted by Gasteiger charge is 2.11. The van der Waals surface area contributed by atoms with Crippen LogP contribution in [0.5, 0.6) is 0 Å². The lowest BCUT2D eigenvalue weighted by molar-refractivity contribution is 0.587. The first-order valence-corrected chi connectivity index (χ1v) is 5.68. The Balaban J connectivity index is 2.65. The summed E-state index contributed by atoms with van der Waals surface area (Å²) in [5.74, 6) is 0.511. The molecular weight excluding hydrogens is 194 g/mol. The van der Waals surface area contributed by atoms with Crippen molar-refractivity contribution in [3.63, 3.8) is 0 Å². The van der Waals surface area contributed by atoms with Crippen molar-refractivity contribution in [1.29, 1.82) is 0 Å². The maximum atomic E-state index is 5.65. The molecule has 0 saturated heterocycles. The number of hydrogen-bond acceptors (Lipinski definition) is 2. The molecule has 0 fully saturated rings. The van der Waals surface area contributed by atoms with Gasteiger partial charge in [-0.2, -0.15) is 0 Å². The number of thiophene rings is 1. The second-order valence-electron chi connectivity index (χ2n) is 3.11. The van der Waals surface area contributed by atoms with Gasteiger partial charge in [-0.3, -0.25) is 4.99 Å². The van der Waals surface area contributed by atoms with Crippen LogP contribution in [0.25, 0.3) is 0 Å². The third-order valence-corrected chi connectivity index (χ3v) is 3.01. The van der Waals surface area contributed by atoms with E-state index in [1.54, 1.807) is 18.4 Å². The van der Waals surface area contributed by atoms with Crippen LogP contribution in [0.4, 0.5) is 0 Å². The van der Waals surface area contributed by atoms with E-state index < -0.39 is 0 Å². The maximum Gasteiger partial charge on any atom is 0.188 e. The first-order chi connectivity index (χ1) is 6.77. The van der Waals surface area contributed by atoms with Crippen molar-refractivity contribution in [2.75, 3.05) is 7.05 Å². The number of rotatable bonds is 4. The molecule has 0 amide bonds. The molecule has 4 heteroatoms. The van der Waals surface area contributed by atoms with E-state index in [0.717, 1.165) is 12.8 Å². The number of nitrogens with two attached hydrogens (primary N) is 1. The molecule has 0 aromatic carbocycles. The van der Waals surface area contributed by atoms with Crippen LogP contribution in [-0.4, -0.2) is 13.0 Å². The molecule has 0 spiro atoms. The van der Waals surface area contributed by atoms with Crippen LogP contribution in [0.15, 0.2) is 22.5 Å². The molecule has 0 aliphatic carbocycles. The van der Waals surface area contributed by atoms with Crippen molar-refractivity contribution in [2.24, 2.45) is 10.7 Å². The Bertz CT molecular complexity index is 280. The van der Waals surface area contributed by atoms with Gasteiger partial charge >= 0.3 is 0 Å². The molecule has 78 valence electrons. The smallest absolute Gasteiger partial charge is 0.188 e. The van der Waals surface area contributed by atoms with Crippen molar-refractivity contribution < 1.29 is 0 Å². The molecule has 0 aliphatic rings. The summed E-state index contributed by atoms with van der Waals surface area (Å²) in [6, 6.07) is 4.49. The summed E-state index contributed by atoms with van der Waals surface area (Å²) in [5, 5.41) is 5.29. The summed E-state index contributed by atoms with van der Waals surface area (Å²) >= 11 is 1.75. The Morgan fingerprint density at radius 3 is 3.00 bits per heavy atom. The summed E-state index contributed by atoms with van der Waals surface area (Å²) < 4.78 is 0. The zero-order chi connectivity index (χ0) is 10.4. The van der Waals surface area contributed by atoms with E-state index in [0.29, 0.717) is 12.0 Å². The van der Waals surface area contributed by atoms with Crippen LogP contribution >= 0.6 is 11.3 Å². The average molecular weight is 211 g/mol. The van der Waals surface area contributed by atoms with Gasteiger partial charge in [0, 0.05) is 11.9 Å². The van der Waals surface area contributed by atoms with E-state index >= 15 is 0 Å². The highest BCUT2D eigenvalue weighted by atomic mass is 32.1. The number of nitrogens with one attached hydrogen (secondary N) is 1. The third-order valence-electron chi connectivity index (χ3n) is 2.03. The summed E-state index contributed by atoms with van der Waals surface area (Å²) in [7, 11) is 1.69. The normalized spacial score (nSPS) is 14.0. The summed E-state index contributed by atoms with van der Waals surface area (Å²) in [6.07, 6.45) is 2.21. The number of nitrogens with zero attached hydrogens (tertiary/aromatic N) is 1. The molecule has 1 aromatic heterocycles. The molecule has 0 radical (unpaired) electrons. The summed E-state index contributed by atoms with van der Waals surface area (Å²) in [5.41, 5.74) is 5.65. The number of guanidine groups is 1. The van der Waals surface area contributed by atoms with Crippen LogP contribution in [-0.2, 0) is 0 Å². The van der Waals surface area contributed by atoms with E-state index in [4.69, 9.17) is 5.73 Å². The quantitative estimate of drug-likeness (QED) is 0.592. The van der Waals surface area contributed by atoms with Crippen LogP contribution in [0.3, 0.4) is 0 Å². The average Bonchev–Trinajstić information content (AvgIpc) is 2.69. The molecule has 0 saturated carbocycles. The standard InChI is InChI=1S/C10H17N3S/c1-3-5-8(13-10(11)12-2)9-6-4-7-14-9/h4,6-8H,3,5H2,1-2H3,(H3,11,12,13). The monoisotopic (exact) mass is 211 g/mol. The van der Waals surface area contributed by atoms with Crippen LogP contribution in [0.1, 0.15) is 30.7 Å². The first kappa shape index (κ1) is 11.0. The fourth-order valence-electron chi connectivity index (χ4n) is 1.31. The van der Waals surface area contributed by atoms with Crippen LogP contribution in [0.2, 0.25) is 0 Å². The highest BCUT2D eigenvalue weighted by Crippen LogP contribution is 2.22. The van der Waals surface area contributed by atoms with Gasteiger partial charge in [-0.15, -0.1) is 11.3 Å². The predicted molar refractivity (Wildman–Crippen MR) is 62.7 cm³/mol. The van der Waals surface area contributed by atoms with Crippen molar-refractivity contribution in [3.8, 4) is 0 Å². The summed E-state index contributed by atoms with van der Waals surface area (Å²) in [6.45, 7) is 2.17. The van der Waals surface area contributed by atoms with Crippen molar-refractivity contribution in [3.05, 3.63) is 22.4 Å². The fraction of sp³-hybridized carbons (Fsp3) is 0.500. The third kappa shape index (κ3) is 3.03. The number of aliphatic imine (C=N–C) groups is 1. The maximum absolute atomic E-state index is 5.65. The van der Waals surface area contributed by atoms with Gasteiger partial charge in [-0.25, -0.2) is 0 Å². The lowest BCUT2D eigenvalue weighted by Crippen LogP contribution is -2.34. The van der Waals surface area contributed by atoms with Gasteiger partial charge in [0.1, 0.15) is 0 Å². The van der Waals surface area contributed by atoms with E-state index in [1.165, 1.54) is 4.88 Å². The fourth-order valence-corrected chi connectivity index (χ4v) is 2.12. The molecule has 0 aliphatic heterocycles. The van der Waals surface area contributed by atoms with E-state index in [9.17, 15) is 0 Å². The van der Waals surface area contributed by atoms with Gasteiger partial charge in [0.25, 0.3) is 0 Å². The molecule has 1 unspecified atom stereocenters. The van der Waals surface area contributed by atoms with Gasteiger partial charge in [0.2, 0.25) is 0 Å². The molecule has 1 rings (SSSR count). The molecular formula is C10H17N3S. The van der Waals surface area contributed by atoms with E-state index in [-0.39, 0.29) is 0 Å². The lowest BCUT2D eigenvalue weighted by atomic mass is 10.1. The second-order valence-corrected chi connectivity index (χ2v) is 4.09. The number of hydrogen-bond donors (Lipinski definition) is 2. The SMILES string of the molecule is CCCC(NC(N)=NC)c1cccs1. The summed E-state index contributed by atoms with van der Waals surface area (Å²) in [4.78, 5) is 5.23. The van der Waals surface area contributed by atoms with Crippen molar-refractivity contribution >= 4 is 17.3 Å². The minimum atomic E-state index is 0.309. The lowest BCUT2D eigenvalue weighted by Gasteiger charge is -2.16. The van der Waals surface area contributed by atoms with Gasteiger partial charge < -0.3 is 11.1 Å². The molecule has 1 aromatic rings. The van der Waals surface area contributed by atoms with Crippen molar-refractivity contribution in [2.45, 2.75) is 25.8 Å². The molecule has 0 bridgehead atoms. The predicted octanol–water partition coefficient (Wildman–Crippen LogP) is 2.12. The minimum absolute atomic E-state index is 0.309. The van der Waals surface area contributed by atoms with Gasteiger partial charge in [-0.1, -0.05) is 19.4 Å². The Morgan fingerprint density at radius 1 is 1.71 bits per heavy atom. The van der Waals surface area contributed by atoms with Gasteiger partial charge in [0.05, 0.1) is 6.04 Å². The Labute approximate surface area is 89.0 Å². The van der Waals surface area contributed by atoms with Crippen LogP contribution in [0, 0.1) is 0 Å². The van der Waals surface area contributed by atoms with Crippen LogP contribution < -0.4 is 11.1 Å². The molecule has 14 heavy (non-hydrogen) atoms. The van der Waals surface area contributed by atoms with E-state index in [1.807, 2.05) is 0 Å². The van der Waals surface area contributed by atoms with Gasteiger partial charge in [-0.05, 0) is 17.9 Å². The highest BCUT2D eigenvalue weighted by molar-refractivity contribution is 7.10. The first-order valence-electron chi connectivity index (χ1n) is 4.80. The molecule has 3 nitrogen and oxygen atoms in total. The molecule has 1 atom stereocenters. The zero-order valence-electron chi connectivity index (χ0n) is 8.66. The van der Waals surface area contributed by atoms with E-state index in [2.05, 4.69) is 34.7 Å². The Hall–Kier alpha value is -1.03. The topological polar surface area (TPSA) is 50.4 Å². The Morgan fingerprint density at radius 2 is 2.50 bits per heavy atom.